The minimum Gasteiger partial charge on any atom is -0.497 e. The third-order valence-corrected chi connectivity index (χ3v) is 4.89. The predicted molar refractivity (Wildman–Crippen MR) is 103 cm³/mol. The van der Waals surface area contributed by atoms with Gasteiger partial charge in [-0.1, -0.05) is 0 Å². The molecule has 1 aliphatic rings. The largest absolute Gasteiger partial charge is 0.497 e. The van der Waals surface area contributed by atoms with Crippen LogP contribution in [-0.2, 0) is 11.3 Å². The van der Waals surface area contributed by atoms with Gasteiger partial charge in [-0.3, -0.25) is 14.7 Å². The standard InChI is InChI=1S/C20H25N3O4/c1-14-20(24)23(15-5-7-16(25-2)8-6-15)12-11-22(14)13-17-19(27-4)18(26-3)9-10-21-17/h5-10,14H,11-13H2,1-4H3/t14-/m0/s1. The first-order chi connectivity index (χ1) is 13.1. The van der Waals surface area contributed by atoms with Gasteiger partial charge in [0.1, 0.15) is 11.4 Å². The molecule has 7 nitrogen and oxygen atoms in total. The number of hydrogen-bond acceptors (Lipinski definition) is 6. The second kappa shape index (κ2) is 8.26. The van der Waals surface area contributed by atoms with Crippen molar-refractivity contribution in [2.75, 3.05) is 39.3 Å². The summed E-state index contributed by atoms with van der Waals surface area (Å²) in [5, 5.41) is 0. The fourth-order valence-electron chi connectivity index (χ4n) is 3.30. The molecule has 1 atom stereocenters. The Labute approximate surface area is 159 Å². The normalized spacial score (nSPS) is 17.7. The molecule has 1 aromatic heterocycles. The van der Waals surface area contributed by atoms with Gasteiger partial charge in [0.05, 0.1) is 27.4 Å². The number of aromatic nitrogens is 1. The molecule has 1 aromatic carbocycles. The number of methoxy groups -OCH3 is 3. The first-order valence-electron chi connectivity index (χ1n) is 8.84. The minimum absolute atomic E-state index is 0.0632. The third kappa shape index (κ3) is 3.83. The Morgan fingerprint density at radius 3 is 2.41 bits per heavy atom. The SMILES string of the molecule is COc1ccc(N2CCN(Cc3nccc(OC)c3OC)[C@@H](C)C2=O)cc1. The molecule has 2 heterocycles. The van der Waals surface area contributed by atoms with Crippen molar-refractivity contribution in [3.8, 4) is 17.2 Å². The molecule has 2 aromatic rings. The highest BCUT2D eigenvalue weighted by atomic mass is 16.5. The van der Waals surface area contributed by atoms with Gasteiger partial charge in [-0.15, -0.1) is 0 Å². The number of ether oxygens (including phenoxy) is 3. The number of benzene rings is 1. The zero-order valence-electron chi connectivity index (χ0n) is 16.1. The van der Waals surface area contributed by atoms with E-state index < -0.39 is 0 Å². The van der Waals surface area contributed by atoms with E-state index in [0.717, 1.165) is 23.7 Å². The van der Waals surface area contributed by atoms with Crippen molar-refractivity contribution >= 4 is 11.6 Å². The molecule has 0 spiro atoms. The summed E-state index contributed by atoms with van der Waals surface area (Å²) in [5.41, 5.74) is 1.64. The van der Waals surface area contributed by atoms with Gasteiger partial charge in [0.15, 0.2) is 11.5 Å². The van der Waals surface area contributed by atoms with E-state index >= 15 is 0 Å². The van der Waals surface area contributed by atoms with Crippen LogP contribution in [0.5, 0.6) is 17.2 Å². The molecular weight excluding hydrogens is 346 g/mol. The first kappa shape index (κ1) is 19.0. The molecule has 0 saturated carbocycles. The van der Waals surface area contributed by atoms with Gasteiger partial charge in [-0.2, -0.15) is 0 Å². The number of anilines is 1. The van der Waals surface area contributed by atoms with E-state index in [1.165, 1.54) is 0 Å². The van der Waals surface area contributed by atoms with Crippen molar-refractivity contribution in [1.82, 2.24) is 9.88 Å². The van der Waals surface area contributed by atoms with Crippen molar-refractivity contribution in [1.29, 1.82) is 0 Å². The lowest BCUT2D eigenvalue weighted by Gasteiger charge is -2.39. The Kier molecular flexibility index (Phi) is 5.81. The van der Waals surface area contributed by atoms with E-state index in [4.69, 9.17) is 14.2 Å². The van der Waals surface area contributed by atoms with Gasteiger partial charge in [-0.05, 0) is 31.2 Å². The lowest BCUT2D eigenvalue weighted by molar-refractivity contribution is -0.125. The average Bonchev–Trinajstić information content (AvgIpc) is 2.71. The van der Waals surface area contributed by atoms with Gasteiger partial charge in [0.2, 0.25) is 5.91 Å². The molecule has 1 aliphatic heterocycles. The molecule has 7 heteroatoms. The summed E-state index contributed by atoms with van der Waals surface area (Å²) in [6.45, 7) is 3.79. The maximum Gasteiger partial charge on any atom is 0.244 e. The second-order valence-electron chi connectivity index (χ2n) is 6.33. The molecule has 0 bridgehead atoms. The van der Waals surface area contributed by atoms with E-state index in [-0.39, 0.29) is 11.9 Å². The summed E-state index contributed by atoms with van der Waals surface area (Å²) < 4.78 is 16.0. The topological polar surface area (TPSA) is 64.1 Å². The number of hydrogen-bond donors (Lipinski definition) is 0. The van der Waals surface area contributed by atoms with Crippen molar-refractivity contribution in [3.63, 3.8) is 0 Å². The van der Waals surface area contributed by atoms with Crippen LogP contribution in [0.1, 0.15) is 12.6 Å². The summed E-state index contributed by atoms with van der Waals surface area (Å²) in [6.07, 6.45) is 1.69. The van der Waals surface area contributed by atoms with E-state index in [0.29, 0.717) is 24.6 Å². The van der Waals surface area contributed by atoms with Crippen LogP contribution in [-0.4, -0.2) is 56.3 Å². The van der Waals surface area contributed by atoms with Crippen LogP contribution in [0.4, 0.5) is 5.69 Å². The smallest absolute Gasteiger partial charge is 0.244 e. The van der Waals surface area contributed by atoms with Gasteiger partial charge in [-0.25, -0.2) is 0 Å². The summed E-state index contributed by atoms with van der Waals surface area (Å²) >= 11 is 0. The molecule has 0 unspecified atom stereocenters. The van der Waals surface area contributed by atoms with Gasteiger partial charge < -0.3 is 19.1 Å². The van der Waals surface area contributed by atoms with E-state index in [2.05, 4.69) is 9.88 Å². The summed E-state index contributed by atoms with van der Waals surface area (Å²) in [7, 11) is 4.82. The fraction of sp³-hybridized carbons (Fsp3) is 0.400. The van der Waals surface area contributed by atoms with Crippen LogP contribution in [0, 0.1) is 0 Å². The molecule has 144 valence electrons. The maximum absolute atomic E-state index is 12.9. The molecule has 1 saturated heterocycles. The third-order valence-electron chi connectivity index (χ3n) is 4.89. The molecule has 1 fully saturated rings. The minimum atomic E-state index is -0.265. The number of carbonyl (C=O) groups excluding carboxylic acids is 1. The monoisotopic (exact) mass is 371 g/mol. The molecule has 3 rings (SSSR count). The van der Waals surface area contributed by atoms with Crippen LogP contribution in [0.3, 0.4) is 0 Å². The van der Waals surface area contributed by atoms with Crippen LogP contribution in [0.2, 0.25) is 0 Å². The number of carbonyl (C=O) groups is 1. The lowest BCUT2D eigenvalue weighted by Crippen LogP contribution is -2.55. The number of amides is 1. The Morgan fingerprint density at radius 2 is 1.78 bits per heavy atom. The highest BCUT2D eigenvalue weighted by Gasteiger charge is 2.33. The van der Waals surface area contributed by atoms with Crippen molar-refractivity contribution in [2.24, 2.45) is 0 Å². The zero-order valence-corrected chi connectivity index (χ0v) is 16.1. The number of nitrogens with zero attached hydrogens (tertiary/aromatic N) is 3. The second-order valence-corrected chi connectivity index (χ2v) is 6.33. The van der Waals surface area contributed by atoms with Crippen LogP contribution < -0.4 is 19.1 Å². The van der Waals surface area contributed by atoms with Crippen LogP contribution >= 0.6 is 0 Å². The molecule has 0 N–H and O–H groups in total. The quantitative estimate of drug-likeness (QED) is 0.777. The van der Waals surface area contributed by atoms with Gasteiger partial charge in [0.25, 0.3) is 0 Å². The van der Waals surface area contributed by atoms with E-state index in [1.807, 2.05) is 36.1 Å². The highest BCUT2D eigenvalue weighted by molar-refractivity contribution is 5.97. The average molecular weight is 371 g/mol. The van der Waals surface area contributed by atoms with Crippen molar-refractivity contribution in [2.45, 2.75) is 19.5 Å². The molecule has 27 heavy (non-hydrogen) atoms. The maximum atomic E-state index is 12.9. The highest BCUT2D eigenvalue weighted by Crippen LogP contribution is 2.31. The Hall–Kier alpha value is -2.80. The van der Waals surface area contributed by atoms with Crippen molar-refractivity contribution < 1.29 is 19.0 Å². The predicted octanol–water partition coefficient (Wildman–Crippen LogP) is 2.34. The Morgan fingerprint density at radius 1 is 1.04 bits per heavy atom. The molecule has 0 radical (unpaired) electrons. The van der Waals surface area contributed by atoms with E-state index in [1.54, 1.807) is 33.6 Å². The zero-order chi connectivity index (χ0) is 19.4. The first-order valence-corrected chi connectivity index (χ1v) is 8.84. The number of pyridine rings is 1. The molecule has 1 amide bonds. The van der Waals surface area contributed by atoms with Crippen LogP contribution in [0.15, 0.2) is 36.5 Å². The van der Waals surface area contributed by atoms with Crippen molar-refractivity contribution in [3.05, 3.63) is 42.2 Å². The Balaban J connectivity index is 1.75. The summed E-state index contributed by atoms with van der Waals surface area (Å²) in [5.74, 6) is 2.08. The Bertz CT molecular complexity index is 794. The van der Waals surface area contributed by atoms with Crippen LogP contribution in [0.25, 0.3) is 0 Å². The lowest BCUT2D eigenvalue weighted by atomic mass is 10.1. The molecule has 0 aliphatic carbocycles. The summed E-state index contributed by atoms with van der Waals surface area (Å²) in [4.78, 5) is 21.3. The fourth-order valence-corrected chi connectivity index (χ4v) is 3.30. The van der Waals surface area contributed by atoms with Gasteiger partial charge >= 0.3 is 0 Å². The number of piperazine rings is 1. The van der Waals surface area contributed by atoms with E-state index in [9.17, 15) is 4.79 Å². The molecular formula is C20H25N3O4. The number of rotatable bonds is 6. The van der Waals surface area contributed by atoms with Gasteiger partial charge in [0, 0.05) is 37.6 Å². The summed E-state index contributed by atoms with van der Waals surface area (Å²) in [6, 6.07) is 9.05.